The van der Waals surface area contributed by atoms with Crippen LogP contribution in [0.15, 0.2) is 60.7 Å². The highest BCUT2D eigenvalue weighted by molar-refractivity contribution is 6.30. The van der Waals surface area contributed by atoms with Gasteiger partial charge in [0.1, 0.15) is 6.04 Å². The molecule has 0 unspecified atom stereocenters. The third kappa shape index (κ3) is 5.35. The van der Waals surface area contributed by atoms with Crippen molar-refractivity contribution in [1.82, 2.24) is 10.2 Å². The minimum Gasteiger partial charge on any atom is -0.352 e. The number of hydrogen-bond acceptors (Lipinski definition) is 3. The van der Waals surface area contributed by atoms with E-state index in [0.29, 0.717) is 30.1 Å². The molecule has 0 saturated heterocycles. The van der Waals surface area contributed by atoms with Gasteiger partial charge in [-0.1, -0.05) is 60.8 Å². The SMILES string of the molecule is C[C@H](C(=O)NC1CCCC1)N(Cc1cccc(Cl)c1)C(=O)CCCN1C(=O)c2cccc3cccc1c23. The van der Waals surface area contributed by atoms with Crippen molar-refractivity contribution in [2.75, 3.05) is 11.4 Å². The summed E-state index contributed by atoms with van der Waals surface area (Å²) in [6, 6.07) is 18.6. The second kappa shape index (κ2) is 10.9. The third-order valence-electron chi connectivity index (χ3n) is 7.53. The normalized spacial score (nSPS) is 15.8. The van der Waals surface area contributed by atoms with Gasteiger partial charge in [-0.25, -0.2) is 0 Å². The lowest BCUT2D eigenvalue weighted by Gasteiger charge is -2.30. The number of rotatable bonds is 9. The van der Waals surface area contributed by atoms with E-state index < -0.39 is 6.04 Å². The topological polar surface area (TPSA) is 69.7 Å². The molecule has 3 aromatic rings. The molecule has 0 radical (unpaired) electrons. The highest BCUT2D eigenvalue weighted by Gasteiger charge is 2.31. The summed E-state index contributed by atoms with van der Waals surface area (Å²) < 4.78 is 0. The second-order valence-corrected chi connectivity index (χ2v) is 10.5. The molecule has 5 rings (SSSR count). The van der Waals surface area contributed by atoms with Crippen LogP contribution in [0.1, 0.15) is 61.4 Å². The van der Waals surface area contributed by atoms with Gasteiger partial charge in [-0.3, -0.25) is 14.4 Å². The van der Waals surface area contributed by atoms with Crippen molar-refractivity contribution in [3.8, 4) is 0 Å². The first-order valence-corrected chi connectivity index (χ1v) is 13.5. The molecule has 0 spiro atoms. The van der Waals surface area contributed by atoms with Gasteiger partial charge < -0.3 is 15.1 Å². The van der Waals surface area contributed by atoms with Crippen molar-refractivity contribution in [2.45, 2.75) is 64.1 Å². The Morgan fingerprint density at radius 2 is 1.81 bits per heavy atom. The predicted molar refractivity (Wildman–Crippen MR) is 147 cm³/mol. The molecule has 1 aliphatic heterocycles. The highest BCUT2D eigenvalue weighted by atomic mass is 35.5. The van der Waals surface area contributed by atoms with E-state index in [0.717, 1.165) is 47.7 Å². The molecule has 6 nitrogen and oxygen atoms in total. The molecule has 7 heteroatoms. The van der Waals surface area contributed by atoms with Crippen molar-refractivity contribution < 1.29 is 14.4 Å². The lowest BCUT2D eigenvalue weighted by molar-refractivity contribution is -0.141. The van der Waals surface area contributed by atoms with Gasteiger partial charge in [0, 0.05) is 41.5 Å². The molecule has 2 aliphatic rings. The van der Waals surface area contributed by atoms with E-state index in [2.05, 4.69) is 5.32 Å². The van der Waals surface area contributed by atoms with Crippen molar-refractivity contribution in [3.63, 3.8) is 0 Å². The van der Waals surface area contributed by atoms with Crippen LogP contribution in [0.25, 0.3) is 10.8 Å². The number of nitrogens with one attached hydrogen (secondary N) is 1. The zero-order valence-corrected chi connectivity index (χ0v) is 21.8. The van der Waals surface area contributed by atoms with Crippen molar-refractivity contribution in [1.29, 1.82) is 0 Å². The van der Waals surface area contributed by atoms with Gasteiger partial charge in [-0.2, -0.15) is 0 Å². The number of amides is 3. The minimum atomic E-state index is -0.612. The van der Waals surface area contributed by atoms with Crippen LogP contribution in [0, 0.1) is 0 Å². The molecular formula is C30H32ClN3O3. The number of anilines is 1. The molecule has 1 N–H and O–H groups in total. The summed E-state index contributed by atoms with van der Waals surface area (Å²) in [5.74, 6) is -0.269. The monoisotopic (exact) mass is 517 g/mol. The zero-order valence-electron chi connectivity index (χ0n) is 21.1. The van der Waals surface area contributed by atoms with E-state index in [9.17, 15) is 14.4 Å². The summed E-state index contributed by atoms with van der Waals surface area (Å²) in [7, 11) is 0. The minimum absolute atomic E-state index is 0.0284. The maximum absolute atomic E-state index is 13.5. The molecular weight excluding hydrogens is 486 g/mol. The summed E-state index contributed by atoms with van der Waals surface area (Å²) in [6.45, 7) is 2.52. The number of benzene rings is 3. The average molecular weight is 518 g/mol. The van der Waals surface area contributed by atoms with Gasteiger partial charge >= 0.3 is 0 Å². The van der Waals surface area contributed by atoms with Crippen LogP contribution in [0.3, 0.4) is 0 Å². The number of hydrogen-bond donors (Lipinski definition) is 1. The number of carbonyl (C=O) groups excluding carboxylic acids is 3. The summed E-state index contributed by atoms with van der Waals surface area (Å²) in [4.78, 5) is 43.1. The number of halogens is 1. The Morgan fingerprint density at radius 1 is 1.08 bits per heavy atom. The maximum atomic E-state index is 13.5. The standard InChI is InChI=1S/C30H32ClN3O3/c1-20(29(36)32-24-12-2-3-13-24)34(19-21-8-4-11-23(31)18-21)27(35)16-7-17-33-26-15-6-10-22-9-5-14-25(28(22)26)30(33)37/h4-6,8-11,14-15,18,20,24H,2-3,7,12-13,16-17,19H2,1H3,(H,32,36)/t20-/m1/s1. The van der Waals surface area contributed by atoms with E-state index in [-0.39, 0.29) is 30.2 Å². The molecule has 3 aromatic carbocycles. The molecule has 0 aromatic heterocycles. The lowest BCUT2D eigenvalue weighted by atomic mass is 10.1. The van der Waals surface area contributed by atoms with E-state index in [1.807, 2.05) is 54.6 Å². The van der Waals surface area contributed by atoms with Crippen LogP contribution in [-0.4, -0.2) is 41.2 Å². The predicted octanol–water partition coefficient (Wildman–Crippen LogP) is 5.71. The Morgan fingerprint density at radius 3 is 2.57 bits per heavy atom. The fourth-order valence-electron chi connectivity index (χ4n) is 5.54. The Kier molecular flexibility index (Phi) is 7.47. The van der Waals surface area contributed by atoms with Gasteiger partial charge in [0.2, 0.25) is 11.8 Å². The van der Waals surface area contributed by atoms with Crippen LogP contribution < -0.4 is 10.2 Å². The summed E-state index contributed by atoms with van der Waals surface area (Å²) in [5.41, 5.74) is 2.48. The first-order valence-electron chi connectivity index (χ1n) is 13.1. The first kappa shape index (κ1) is 25.3. The lowest BCUT2D eigenvalue weighted by Crippen LogP contribution is -2.49. The van der Waals surface area contributed by atoms with Gasteiger partial charge in [-0.05, 0) is 61.4 Å². The van der Waals surface area contributed by atoms with E-state index in [1.165, 1.54) is 0 Å². The second-order valence-electron chi connectivity index (χ2n) is 10.1. The summed E-state index contributed by atoms with van der Waals surface area (Å²) >= 11 is 6.18. The Balaban J connectivity index is 1.27. The molecule has 1 heterocycles. The van der Waals surface area contributed by atoms with Gasteiger partial charge in [-0.15, -0.1) is 0 Å². The molecule has 1 saturated carbocycles. The first-order chi connectivity index (χ1) is 17.9. The molecule has 37 heavy (non-hydrogen) atoms. The summed E-state index contributed by atoms with van der Waals surface area (Å²) in [6.07, 6.45) is 4.95. The molecule has 0 bridgehead atoms. The Hall–Kier alpha value is -3.38. The highest BCUT2D eigenvalue weighted by Crippen LogP contribution is 2.37. The molecule has 1 atom stereocenters. The van der Waals surface area contributed by atoms with Crippen LogP contribution in [0.4, 0.5) is 5.69 Å². The molecule has 1 aliphatic carbocycles. The van der Waals surface area contributed by atoms with Crippen LogP contribution in [0.2, 0.25) is 5.02 Å². The van der Waals surface area contributed by atoms with Crippen molar-refractivity contribution >= 4 is 45.8 Å². The molecule has 3 amide bonds. The third-order valence-corrected chi connectivity index (χ3v) is 7.77. The fourth-order valence-corrected chi connectivity index (χ4v) is 5.75. The smallest absolute Gasteiger partial charge is 0.258 e. The van der Waals surface area contributed by atoms with Gasteiger partial charge in [0.15, 0.2) is 0 Å². The van der Waals surface area contributed by atoms with Crippen molar-refractivity contribution in [3.05, 3.63) is 76.8 Å². The van der Waals surface area contributed by atoms with Crippen LogP contribution in [-0.2, 0) is 16.1 Å². The fraction of sp³-hybridized carbons (Fsp3) is 0.367. The largest absolute Gasteiger partial charge is 0.352 e. The van der Waals surface area contributed by atoms with E-state index >= 15 is 0 Å². The van der Waals surface area contributed by atoms with E-state index in [4.69, 9.17) is 11.6 Å². The van der Waals surface area contributed by atoms with E-state index in [1.54, 1.807) is 22.8 Å². The molecule has 192 valence electrons. The number of carbonyl (C=O) groups is 3. The van der Waals surface area contributed by atoms with Crippen LogP contribution in [0.5, 0.6) is 0 Å². The average Bonchev–Trinajstić information content (AvgIpc) is 3.50. The van der Waals surface area contributed by atoms with Crippen molar-refractivity contribution in [2.24, 2.45) is 0 Å². The maximum Gasteiger partial charge on any atom is 0.258 e. The summed E-state index contributed by atoms with van der Waals surface area (Å²) in [5, 5.41) is 5.73. The van der Waals surface area contributed by atoms with Crippen LogP contribution >= 0.6 is 11.6 Å². The Labute approximate surface area is 222 Å². The zero-order chi connectivity index (χ0) is 25.9. The van der Waals surface area contributed by atoms with Gasteiger partial charge in [0.25, 0.3) is 5.91 Å². The quantitative estimate of drug-likeness (QED) is 0.395. The Bertz CT molecular complexity index is 1330. The number of nitrogens with zero attached hydrogens (tertiary/aromatic N) is 2. The molecule has 1 fully saturated rings. The van der Waals surface area contributed by atoms with Gasteiger partial charge in [0.05, 0.1) is 5.69 Å².